The lowest BCUT2D eigenvalue weighted by Crippen LogP contribution is -2.52. The van der Waals surface area contributed by atoms with E-state index in [0.29, 0.717) is 18.7 Å². The standard InChI is InChI=1S/C15H18FN3O2/c16-11-3-1-10(2-4-11)14(15(21)18-12-5-6-12)19-8-7-17-13(20)9-19/h1-4,12,14H,5-9H2,(H,17,20)(H,18,21). The summed E-state index contributed by atoms with van der Waals surface area (Å²) >= 11 is 0. The number of hydrogen-bond donors (Lipinski definition) is 2. The molecule has 1 aliphatic heterocycles. The molecule has 112 valence electrons. The second-order valence-electron chi connectivity index (χ2n) is 5.56. The van der Waals surface area contributed by atoms with Gasteiger partial charge in [0.05, 0.1) is 6.54 Å². The van der Waals surface area contributed by atoms with Gasteiger partial charge in [0.25, 0.3) is 0 Å². The van der Waals surface area contributed by atoms with Gasteiger partial charge >= 0.3 is 0 Å². The summed E-state index contributed by atoms with van der Waals surface area (Å²) in [6.07, 6.45) is 2.00. The van der Waals surface area contributed by atoms with Crippen LogP contribution in [0, 0.1) is 5.82 Å². The van der Waals surface area contributed by atoms with Crippen molar-refractivity contribution in [2.45, 2.75) is 24.9 Å². The van der Waals surface area contributed by atoms with Crippen molar-refractivity contribution in [1.29, 1.82) is 0 Å². The average molecular weight is 291 g/mol. The van der Waals surface area contributed by atoms with Crippen LogP contribution in [0.5, 0.6) is 0 Å². The van der Waals surface area contributed by atoms with Crippen molar-refractivity contribution in [3.63, 3.8) is 0 Å². The van der Waals surface area contributed by atoms with Gasteiger partial charge in [0.15, 0.2) is 0 Å². The van der Waals surface area contributed by atoms with Crippen LogP contribution < -0.4 is 10.6 Å². The molecule has 1 unspecified atom stereocenters. The Hall–Kier alpha value is -1.95. The summed E-state index contributed by atoms with van der Waals surface area (Å²) < 4.78 is 13.1. The molecule has 0 radical (unpaired) electrons. The van der Waals surface area contributed by atoms with E-state index in [0.717, 1.165) is 12.8 Å². The van der Waals surface area contributed by atoms with Crippen LogP contribution in [0.1, 0.15) is 24.4 Å². The van der Waals surface area contributed by atoms with Crippen molar-refractivity contribution in [2.75, 3.05) is 19.6 Å². The van der Waals surface area contributed by atoms with Crippen molar-refractivity contribution in [3.05, 3.63) is 35.6 Å². The summed E-state index contributed by atoms with van der Waals surface area (Å²) in [5, 5.41) is 5.72. The van der Waals surface area contributed by atoms with Gasteiger partial charge in [0, 0.05) is 19.1 Å². The van der Waals surface area contributed by atoms with E-state index in [-0.39, 0.29) is 30.2 Å². The number of amides is 2. The maximum Gasteiger partial charge on any atom is 0.242 e. The summed E-state index contributed by atoms with van der Waals surface area (Å²) in [6, 6.07) is 5.61. The predicted octanol–water partition coefficient (Wildman–Crippen LogP) is 0.577. The Labute approximate surface area is 122 Å². The molecule has 1 atom stereocenters. The van der Waals surface area contributed by atoms with Crippen molar-refractivity contribution in [1.82, 2.24) is 15.5 Å². The van der Waals surface area contributed by atoms with Crippen LogP contribution >= 0.6 is 0 Å². The zero-order valence-corrected chi connectivity index (χ0v) is 11.6. The molecule has 1 heterocycles. The summed E-state index contributed by atoms with van der Waals surface area (Å²) in [4.78, 5) is 25.9. The highest BCUT2D eigenvalue weighted by Crippen LogP contribution is 2.25. The first-order valence-electron chi connectivity index (χ1n) is 7.20. The smallest absolute Gasteiger partial charge is 0.242 e. The Bertz CT molecular complexity index is 542. The number of carbonyl (C=O) groups excluding carboxylic acids is 2. The molecule has 6 heteroatoms. The van der Waals surface area contributed by atoms with E-state index >= 15 is 0 Å². The molecule has 0 bridgehead atoms. The summed E-state index contributed by atoms with van der Waals surface area (Å²) in [7, 11) is 0. The minimum atomic E-state index is -0.544. The Morgan fingerprint density at radius 1 is 1.33 bits per heavy atom. The van der Waals surface area contributed by atoms with Gasteiger partial charge in [-0.05, 0) is 30.5 Å². The van der Waals surface area contributed by atoms with Crippen LogP contribution in [0.2, 0.25) is 0 Å². The third kappa shape index (κ3) is 3.39. The lowest BCUT2D eigenvalue weighted by Gasteiger charge is -2.33. The monoisotopic (exact) mass is 291 g/mol. The van der Waals surface area contributed by atoms with E-state index in [4.69, 9.17) is 0 Å². The Kier molecular flexibility index (Phi) is 3.88. The van der Waals surface area contributed by atoms with E-state index in [2.05, 4.69) is 10.6 Å². The number of rotatable bonds is 4. The zero-order chi connectivity index (χ0) is 14.8. The molecule has 1 saturated carbocycles. The van der Waals surface area contributed by atoms with E-state index in [1.54, 1.807) is 12.1 Å². The van der Waals surface area contributed by atoms with Crippen LogP contribution in [0.4, 0.5) is 4.39 Å². The molecule has 0 aromatic heterocycles. The third-order valence-corrected chi connectivity index (χ3v) is 3.79. The van der Waals surface area contributed by atoms with E-state index in [9.17, 15) is 14.0 Å². The second kappa shape index (κ2) is 5.81. The van der Waals surface area contributed by atoms with Gasteiger partial charge in [0.2, 0.25) is 11.8 Å². The zero-order valence-electron chi connectivity index (χ0n) is 11.6. The van der Waals surface area contributed by atoms with Gasteiger partial charge in [-0.25, -0.2) is 4.39 Å². The molecular weight excluding hydrogens is 273 g/mol. The molecule has 1 aliphatic carbocycles. The number of nitrogens with one attached hydrogen (secondary N) is 2. The Balaban J connectivity index is 1.83. The highest BCUT2D eigenvalue weighted by Gasteiger charge is 2.34. The minimum absolute atomic E-state index is 0.0902. The number of carbonyl (C=O) groups is 2. The van der Waals surface area contributed by atoms with Crippen LogP contribution in [-0.2, 0) is 9.59 Å². The minimum Gasteiger partial charge on any atom is -0.354 e. The molecule has 5 nitrogen and oxygen atoms in total. The maximum atomic E-state index is 13.1. The molecule has 1 aromatic carbocycles. The number of hydrogen-bond acceptors (Lipinski definition) is 3. The lowest BCUT2D eigenvalue weighted by molar-refractivity contribution is -0.131. The second-order valence-corrected chi connectivity index (χ2v) is 5.56. The first-order valence-corrected chi connectivity index (χ1v) is 7.20. The maximum absolute atomic E-state index is 13.1. The van der Waals surface area contributed by atoms with Crippen molar-refractivity contribution >= 4 is 11.8 Å². The first-order chi connectivity index (χ1) is 10.1. The lowest BCUT2D eigenvalue weighted by atomic mass is 10.0. The van der Waals surface area contributed by atoms with Crippen molar-refractivity contribution < 1.29 is 14.0 Å². The number of piperazine rings is 1. The molecule has 3 rings (SSSR count). The fourth-order valence-electron chi connectivity index (χ4n) is 2.56. The third-order valence-electron chi connectivity index (χ3n) is 3.79. The van der Waals surface area contributed by atoms with E-state index in [1.165, 1.54) is 12.1 Å². The van der Waals surface area contributed by atoms with E-state index in [1.807, 2.05) is 4.90 Å². The van der Waals surface area contributed by atoms with Crippen molar-refractivity contribution in [2.24, 2.45) is 0 Å². The average Bonchev–Trinajstić information content (AvgIpc) is 3.25. The largest absolute Gasteiger partial charge is 0.354 e. The van der Waals surface area contributed by atoms with Crippen LogP contribution in [-0.4, -0.2) is 42.4 Å². The normalized spacial score (nSPS) is 20.7. The van der Waals surface area contributed by atoms with Gasteiger partial charge in [-0.1, -0.05) is 12.1 Å². The van der Waals surface area contributed by atoms with Gasteiger partial charge in [-0.15, -0.1) is 0 Å². The Morgan fingerprint density at radius 2 is 2.05 bits per heavy atom. The molecule has 21 heavy (non-hydrogen) atoms. The topological polar surface area (TPSA) is 61.4 Å². The predicted molar refractivity (Wildman–Crippen MR) is 74.9 cm³/mol. The molecule has 2 N–H and O–H groups in total. The van der Waals surface area contributed by atoms with Gasteiger partial charge in [-0.3, -0.25) is 14.5 Å². The number of nitrogens with zero attached hydrogens (tertiary/aromatic N) is 1. The van der Waals surface area contributed by atoms with Crippen LogP contribution in [0.15, 0.2) is 24.3 Å². The number of benzene rings is 1. The molecule has 0 spiro atoms. The molecule has 2 fully saturated rings. The first kappa shape index (κ1) is 14.0. The van der Waals surface area contributed by atoms with Crippen LogP contribution in [0.25, 0.3) is 0 Å². The van der Waals surface area contributed by atoms with Gasteiger partial charge in [-0.2, -0.15) is 0 Å². The highest BCUT2D eigenvalue weighted by atomic mass is 19.1. The molecule has 1 aromatic rings. The number of halogens is 1. The quantitative estimate of drug-likeness (QED) is 0.853. The molecule has 2 amide bonds. The molecular formula is C15H18FN3O2. The van der Waals surface area contributed by atoms with Crippen LogP contribution in [0.3, 0.4) is 0 Å². The SMILES string of the molecule is O=C1CN(C(C(=O)NC2CC2)c2ccc(F)cc2)CCN1. The van der Waals surface area contributed by atoms with Crippen molar-refractivity contribution in [3.8, 4) is 0 Å². The summed E-state index contributed by atoms with van der Waals surface area (Å²) in [6.45, 7) is 1.30. The van der Waals surface area contributed by atoms with E-state index < -0.39 is 6.04 Å². The molecule has 1 saturated heterocycles. The summed E-state index contributed by atoms with van der Waals surface area (Å²) in [5.74, 6) is -0.539. The summed E-state index contributed by atoms with van der Waals surface area (Å²) in [5.41, 5.74) is 0.712. The van der Waals surface area contributed by atoms with Gasteiger partial charge < -0.3 is 10.6 Å². The fourth-order valence-corrected chi connectivity index (χ4v) is 2.56. The highest BCUT2D eigenvalue weighted by molar-refractivity contribution is 5.85. The fraction of sp³-hybridized carbons (Fsp3) is 0.467. The Morgan fingerprint density at radius 3 is 2.67 bits per heavy atom. The van der Waals surface area contributed by atoms with Gasteiger partial charge in [0.1, 0.15) is 11.9 Å². The molecule has 2 aliphatic rings.